The number of nitrogens with zero attached hydrogens (tertiary/aromatic N) is 1. The Morgan fingerprint density at radius 1 is 0.972 bits per heavy atom. The van der Waals surface area contributed by atoms with Crippen LogP contribution in [0.1, 0.15) is 110 Å². The van der Waals surface area contributed by atoms with Gasteiger partial charge in [0.15, 0.2) is 0 Å². The van der Waals surface area contributed by atoms with Crippen molar-refractivity contribution in [3.8, 4) is 5.75 Å². The Hall–Kier alpha value is -1.18. The summed E-state index contributed by atoms with van der Waals surface area (Å²) < 4.78 is 7.66. The zero-order valence-corrected chi connectivity index (χ0v) is 26.2. The molecule has 2 aromatic carbocycles. The molecular formula is C32H46ClNORu-. The summed E-state index contributed by atoms with van der Waals surface area (Å²) in [4.78, 5) is 2.70. The van der Waals surface area contributed by atoms with E-state index < -0.39 is 0 Å². The number of halogens is 1. The third kappa shape index (κ3) is 6.44. The molecule has 0 unspecified atom stereocenters. The molecule has 3 fully saturated rings. The fraction of sp³-hybridized carbons (Fsp3) is 0.562. The van der Waals surface area contributed by atoms with E-state index in [2.05, 4.69) is 78.1 Å². The van der Waals surface area contributed by atoms with Gasteiger partial charge in [0.25, 0.3) is 0 Å². The molecule has 3 atom stereocenters. The second-order valence-corrected chi connectivity index (χ2v) is 13.9. The van der Waals surface area contributed by atoms with Crippen LogP contribution in [-0.2, 0) is 15.7 Å². The van der Waals surface area contributed by atoms with E-state index in [9.17, 15) is 0 Å². The normalized spacial score (nSPS) is 25.8. The summed E-state index contributed by atoms with van der Waals surface area (Å²) in [5.41, 5.74) is 6.28. The first-order chi connectivity index (χ1) is 16.9. The van der Waals surface area contributed by atoms with Gasteiger partial charge in [0.2, 0.25) is 0 Å². The maximum Gasteiger partial charge on any atom is 0.0145 e. The van der Waals surface area contributed by atoms with Crippen molar-refractivity contribution in [2.24, 2.45) is 11.3 Å². The molecule has 0 radical (unpaired) electrons. The number of fused-ring (bicyclic) bond motifs is 3. The van der Waals surface area contributed by atoms with E-state index in [1.165, 1.54) is 36.1 Å². The largest absolute Gasteiger partial charge is 0.517 e. The van der Waals surface area contributed by atoms with Gasteiger partial charge >= 0.3 is 90.3 Å². The molecule has 2 saturated heterocycles. The van der Waals surface area contributed by atoms with Crippen LogP contribution in [0.4, 0.5) is 5.69 Å². The van der Waals surface area contributed by atoms with Gasteiger partial charge in [-0.05, 0) is 42.7 Å². The summed E-state index contributed by atoms with van der Waals surface area (Å²) in [5, 5.41) is 0. The van der Waals surface area contributed by atoms with Crippen LogP contribution in [0.2, 0.25) is 0 Å². The summed E-state index contributed by atoms with van der Waals surface area (Å²) in [6, 6.07) is 14.9. The fourth-order valence-corrected chi connectivity index (χ4v) is 6.84. The van der Waals surface area contributed by atoms with Crippen LogP contribution in [0, 0.1) is 17.9 Å². The van der Waals surface area contributed by atoms with Gasteiger partial charge in [0, 0.05) is 11.2 Å². The fourth-order valence-electron chi connectivity index (χ4n) is 5.73. The molecule has 2 aliphatic heterocycles. The van der Waals surface area contributed by atoms with E-state index in [4.69, 9.17) is 14.4 Å². The molecular weight excluding hydrogens is 551 g/mol. The Bertz CT molecular complexity index is 1020. The molecule has 5 rings (SSSR count). The minimum Gasteiger partial charge on any atom is -0.517 e. The first kappa shape index (κ1) is 29.4. The van der Waals surface area contributed by atoms with E-state index in [0.717, 1.165) is 17.2 Å². The van der Waals surface area contributed by atoms with Gasteiger partial charge in [-0.15, -0.1) is 5.41 Å². The van der Waals surface area contributed by atoms with Gasteiger partial charge in [0.05, 0.1) is 0 Å². The number of para-hydroxylation sites is 2. The maximum atomic E-state index is 5.72. The summed E-state index contributed by atoms with van der Waals surface area (Å²) in [5.74, 6) is 2.83. The van der Waals surface area contributed by atoms with Crippen molar-refractivity contribution in [1.82, 2.24) is 0 Å². The molecule has 0 aromatic heterocycles. The molecule has 2 bridgehead atoms. The Labute approximate surface area is 232 Å². The number of anilines is 1. The molecule has 36 heavy (non-hydrogen) atoms. The monoisotopic (exact) mass is 597 g/mol. The molecule has 1 saturated carbocycles. The van der Waals surface area contributed by atoms with Crippen LogP contribution in [0.25, 0.3) is 0 Å². The van der Waals surface area contributed by atoms with Gasteiger partial charge in [-0.1, -0.05) is 72.1 Å². The van der Waals surface area contributed by atoms with Gasteiger partial charge in [-0.25, -0.2) is 6.54 Å². The molecule has 3 aliphatic rings. The Kier molecular flexibility index (Phi) is 9.89. The Morgan fingerprint density at radius 3 is 2.11 bits per heavy atom. The minimum absolute atomic E-state index is 0.191. The Balaban J connectivity index is 0.000000236. The van der Waals surface area contributed by atoms with Crippen LogP contribution >= 0.6 is 9.69 Å². The smallest absolute Gasteiger partial charge is 0.0145 e. The number of ether oxygens (including phenoxy) is 1. The van der Waals surface area contributed by atoms with E-state index >= 15 is 0 Å². The summed E-state index contributed by atoms with van der Waals surface area (Å²) in [6.07, 6.45) is 4.17. The topological polar surface area (TPSA) is 12.5 Å². The quantitative estimate of drug-likeness (QED) is 0.243. The average molecular weight is 597 g/mol. The van der Waals surface area contributed by atoms with Crippen LogP contribution < -0.4 is 9.64 Å². The third-order valence-corrected chi connectivity index (χ3v) is 9.28. The number of benzene rings is 2. The van der Waals surface area contributed by atoms with Crippen molar-refractivity contribution in [2.45, 2.75) is 105 Å². The van der Waals surface area contributed by atoms with Crippen molar-refractivity contribution in [1.29, 1.82) is 0 Å². The molecule has 201 valence electrons. The van der Waals surface area contributed by atoms with Crippen molar-refractivity contribution in [3.63, 3.8) is 0 Å². The molecule has 2 heterocycles. The third-order valence-electron chi connectivity index (χ3n) is 8.09. The molecule has 0 spiro atoms. The standard InChI is InChI=1S/C22H34N.C10H12O.ClH.Ru/c1-15(2)18-9-8-10-19(16(3)4)20(18)23-14-21(6)11-12-22(23,7)13-17(21)5;1-8(2)11-10-7-5-4-6-9(10)3;;/h8-10,14-17H,11-13H2,1-7H3;3-8H,1-2H3;1H;/q-1;;;+1/p-1/t17-,21-,22-;;;/m0.../s1. The van der Waals surface area contributed by atoms with Gasteiger partial charge in [-0.2, -0.15) is 0 Å². The van der Waals surface area contributed by atoms with Crippen molar-refractivity contribution < 1.29 is 20.4 Å². The first-order valence-corrected chi connectivity index (χ1v) is 16.7. The molecule has 2 nitrogen and oxygen atoms in total. The van der Waals surface area contributed by atoms with Crippen LogP contribution in [0.5, 0.6) is 5.75 Å². The Morgan fingerprint density at radius 2 is 1.58 bits per heavy atom. The maximum absolute atomic E-state index is 5.72. The summed E-state index contributed by atoms with van der Waals surface area (Å²) >= 11 is -0.191. The zero-order valence-electron chi connectivity index (χ0n) is 23.7. The predicted octanol–water partition coefficient (Wildman–Crippen LogP) is 9.36. The number of hydrogen-bond donors (Lipinski definition) is 0. The number of piperidine rings is 2. The van der Waals surface area contributed by atoms with E-state index in [1.807, 2.05) is 42.7 Å². The van der Waals surface area contributed by atoms with Gasteiger partial charge in [0.1, 0.15) is 0 Å². The van der Waals surface area contributed by atoms with Crippen LogP contribution in [0.3, 0.4) is 0 Å². The number of hydrogen-bond acceptors (Lipinski definition) is 2. The summed E-state index contributed by atoms with van der Waals surface area (Å²) in [7, 11) is 5.72. The van der Waals surface area contributed by atoms with Crippen molar-refractivity contribution >= 4 is 20.0 Å². The van der Waals surface area contributed by atoms with Gasteiger partial charge < -0.3 is 4.90 Å². The zero-order chi connectivity index (χ0) is 26.7. The van der Waals surface area contributed by atoms with E-state index in [1.54, 1.807) is 0 Å². The predicted molar refractivity (Wildman–Crippen MR) is 154 cm³/mol. The first-order valence-electron chi connectivity index (χ1n) is 13.5. The molecule has 0 amide bonds. The van der Waals surface area contributed by atoms with Gasteiger partial charge in [-0.3, -0.25) is 0 Å². The van der Waals surface area contributed by atoms with Crippen LogP contribution in [-0.4, -0.2) is 16.3 Å². The molecule has 2 aromatic rings. The minimum atomic E-state index is -0.191. The molecule has 1 aliphatic carbocycles. The molecule has 4 heteroatoms. The molecule has 0 N–H and O–H groups in total. The van der Waals surface area contributed by atoms with Crippen LogP contribution in [0.15, 0.2) is 42.5 Å². The average Bonchev–Trinajstić information content (AvgIpc) is 2.81. The van der Waals surface area contributed by atoms with E-state index in [-0.39, 0.29) is 27.3 Å². The second kappa shape index (κ2) is 12.1. The van der Waals surface area contributed by atoms with E-state index in [0.29, 0.717) is 17.3 Å². The van der Waals surface area contributed by atoms with Crippen molar-refractivity contribution in [3.05, 3.63) is 65.7 Å². The van der Waals surface area contributed by atoms with Crippen molar-refractivity contribution in [2.75, 3.05) is 4.90 Å². The number of rotatable bonds is 6. The summed E-state index contributed by atoms with van der Waals surface area (Å²) in [6.45, 7) is 23.4. The second-order valence-electron chi connectivity index (χ2n) is 12.1. The SMILES string of the molecule is CC(C)Oc1ccccc1[CH]=[Ru][Cl].CC(C)c1cccc(C(C)C)c1N1[CH-][C@]2(C)CC[C@@]1(C)C[C@@H]2C.